The van der Waals surface area contributed by atoms with Gasteiger partial charge in [0.15, 0.2) is 11.4 Å². The molecule has 0 saturated heterocycles. The summed E-state index contributed by atoms with van der Waals surface area (Å²) in [5.74, 6) is -1.42. The number of carbonyl (C=O) groups excluding carboxylic acids is 2. The zero-order valence-corrected chi connectivity index (χ0v) is 18.3. The Balaban J connectivity index is 1.43. The fourth-order valence-corrected chi connectivity index (χ4v) is 4.06. The molecule has 0 aliphatic heterocycles. The number of ketones is 1. The molecule has 0 aliphatic carbocycles. The highest BCUT2D eigenvalue weighted by atomic mass is 35.5. The van der Waals surface area contributed by atoms with Crippen LogP contribution in [0.3, 0.4) is 0 Å². The maximum Gasteiger partial charge on any atom is 0.418 e. The van der Waals surface area contributed by atoms with Gasteiger partial charge in [0.05, 0.1) is 33.6 Å². The molecule has 0 fully saturated rings. The fraction of sp³-hybridized carbons (Fsp3) is 0.200. The second-order valence-corrected chi connectivity index (χ2v) is 8.56. The molecule has 8 nitrogen and oxygen atoms in total. The van der Waals surface area contributed by atoms with Crippen LogP contribution in [0.4, 0.5) is 19.0 Å². The first-order chi connectivity index (χ1) is 15.6. The predicted octanol–water partition coefficient (Wildman–Crippen LogP) is 5.11. The number of aromatic amines is 1. The summed E-state index contributed by atoms with van der Waals surface area (Å²) in [5, 5.41) is 2.27. The van der Waals surface area contributed by atoms with Gasteiger partial charge in [0.25, 0.3) is 5.91 Å². The van der Waals surface area contributed by atoms with Gasteiger partial charge in [-0.1, -0.05) is 18.5 Å². The SMILES string of the molecule is C[C@@H](CC(=O)c1cnc2nc[nH]c2c1)c1ncc(C(=O)Nc2cc(C(F)(F)F)c(Cl)cn2)s1. The molecule has 4 rings (SSSR count). The molecule has 1 atom stereocenters. The first-order valence-corrected chi connectivity index (χ1v) is 10.6. The Morgan fingerprint density at radius 1 is 1.15 bits per heavy atom. The van der Waals surface area contributed by atoms with E-state index in [4.69, 9.17) is 11.6 Å². The summed E-state index contributed by atoms with van der Waals surface area (Å²) in [6, 6.07) is 2.33. The van der Waals surface area contributed by atoms with Crippen LogP contribution in [0.15, 0.2) is 37.1 Å². The number of anilines is 1. The Hall–Kier alpha value is -3.38. The van der Waals surface area contributed by atoms with Crippen molar-refractivity contribution < 1.29 is 22.8 Å². The smallest absolute Gasteiger partial charge is 0.343 e. The number of nitrogens with one attached hydrogen (secondary N) is 2. The van der Waals surface area contributed by atoms with E-state index in [1.54, 1.807) is 13.0 Å². The Morgan fingerprint density at radius 2 is 1.94 bits per heavy atom. The lowest BCUT2D eigenvalue weighted by molar-refractivity contribution is -0.137. The van der Waals surface area contributed by atoms with Crippen LogP contribution in [0.25, 0.3) is 11.2 Å². The third-order valence-electron chi connectivity index (χ3n) is 4.66. The molecule has 0 spiro atoms. The van der Waals surface area contributed by atoms with Crippen LogP contribution in [-0.4, -0.2) is 36.6 Å². The molecular formula is C20H14ClF3N6O2S. The van der Waals surface area contributed by atoms with Crippen molar-refractivity contribution in [1.29, 1.82) is 0 Å². The molecule has 0 saturated carbocycles. The second kappa shape index (κ2) is 8.87. The van der Waals surface area contributed by atoms with Crippen molar-refractivity contribution in [2.75, 3.05) is 5.32 Å². The molecule has 2 N–H and O–H groups in total. The molecule has 0 radical (unpaired) electrons. The van der Waals surface area contributed by atoms with Gasteiger partial charge in [-0.25, -0.2) is 19.9 Å². The second-order valence-electron chi connectivity index (χ2n) is 7.09. The highest BCUT2D eigenvalue weighted by Gasteiger charge is 2.34. The highest BCUT2D eigenvalue weighted by Crippen LogP contribution is 2.35. The van der Waals surface area contributed by atoms with E-state index in [0.717, 1.165) is 17.5 Å². The maximum atomic E-state index is 13.0. The Kier molecular flexibility index (Phi) is 6.13. The number of imidazole rings is 1. The van der Waals surface area contributed by atoms with Gasteiger partial charge in [0.1, 0.15) is 10.7 Å². The molecule has 170 valence electrons. The van der Waals surface area contributed by atoms with Crippen molar-refractivity contribution >= 4 is 51.6 Å². The highest BCUT2D eigenvalue weighted by molar-refractivity contribution is 7.13. The summed E-state index contributed by atoms with van der Waals surface area (Å²) in [7, 11) is 0. The Labute approximate surface area is 193 Å². The zero-order valence-electron chi connectivity index (χ0n) is 16.8. The van der Waals surface area contributed by atoms with Gasteiger partial charge >= 0.3 is 6.18 Å². The first-order valence-electron chi connectivity index (χ1n) is 9.44. The maximum absolute atomic E-state index is 13.0. The third kappa shape index (κ3) is 5.01. The number of halogens is 4. The molecule has 33 heavy (non-hydrogen) atoms. The number of hydrogen-bond donors (Lipinski definition) is 2. The number of pyridine rings is 2. The van der Waals surface area contributed by atoms with Gasteiger partial charge in [-0.2, -0.15) is 13.2 Å². The minimum Gasteiger partial charge on any atom is -0.343 e. The van der Waals surface area contributed by atoms with Gasteiger partial charge in [0.2, 0.25) is 0 Å². The van der Waals surface area contributed by atoms with Gasteiger partial charge in [-0.15, -0.1) is 11.3 Å². The average Bonchev–Trinajstić information content (AvgIpc) is 3.43. The minimum absolute atomic E-state index is 0.129. The lowest BCUT2D eigenvalue weighted by atomic mass is 10.0. The van der Waals surface area contributed by atoms with E-state index in [2.05, 4.69) is 30.2 Å². The van der Waals surface area contributed by atoms with Crippen LogP contribution >= 0.6 is 22.9 Å². The van der Waals surface area contributed by atoms with E-state index in [1.807, 2.05) is 0 Å². The Morgan fingerprint density at radius 3 is 2.70 bits per heavy atom. The monoisotopic (exact) mass is 494 g/mol. The lowest BCUT2D eigenvalue weighted by Gasteiger charge is -2.10. The molecular weight excluding hydrogens is 481 g/mol. The summed E-state index contributed by atoms with van der Waals surface area (Å²) >= 11 is 6.58. The lowest BCUT2D eigenvalue weighted by Crippen LogP contribution is -2.13. The number of thiazole rings is 1. The molecule has 4 aromatic rings. The average molecular weight is 495 g/mol. The van der Waals surface area contributed by atoms with Gasteiger partial charge in [-0.05, 0) is 12.1 Å². The predicted molar refractivity (Wildman–Crippen MR) is 116 cm³/mol. The standard InChI is InChI=1S/C20H14ClF3N6O2S/c1-9(2-14(31)10-3-13-17(26-5-10)29-8-28-13)19-27-7-15(33-19)18(32)30-16-4-11(20(22,23)24)12(21)6-25-16/h3-9H,2H2,1H3,(H,25,30,32)(H,26,28,29)/t9-/m0/s1. The largest absolute Gasteiger partial charge is 0.418 e. The number of rotatable bonds is 6. The third-order valence-corrected chi connectivity index (χ3v) is 6.19. The van der Waals surface area contributed by atoms with E-state index >= 15 is 0 Å². The first kappa shape index (κ1) is 22.8. The molecule has 4 heterocycles. The van der Waals surface area contributed by atoms with Gasteiger partial charge in [0, 0.05) is 30.3 Å². The zero-order chi connectivity index (χ0) is 23.8. The molecule has 0 bridgehead atoms. The molecule has 0 unspecified atom stereocenters. The van der Waals surface area contributed by atoms with Crippen molar-refractivity contribution in [3.63, 3.8) is 0 Å². The summed E-state index contributed by atoms with van der Waals surface area (Å²) in [6.45, 7) is 1.79. The van der Waals surface area contributed by atoms with E-state index in [9.17, 15) is 22.8 Å². The van der Waals surface area contributed by atoms with E-state index < -0.39 is 22.7 Å². The van der Waals surface area contributed by atoms with Gasteiger partial charge < -0.3 is 10.3 Å². The number of hydrogen-bond acceptors (Lipinski definition) is 7. The number of amides is 1. The Bertz CT molecular complexity index is 1350. The number of fused-ring (bicyclic) bond motifs is 1. The minimum atomic E-state index is -4.68. The van der Waals surface area contributed by atoms with Crippen molar-refractivity contribution in [2.45, 2.75) is 25.4 Å². The van der Waals surface area contributed by atoms with Gasteiger partial charge in [-0.3, -0.25) is 9.59 Å². The van der Waals surface area contributed by atoms with Crippen LogP contribution in [0.2, 0.25) is 5.02 Å². The topological polar surface area (TPSA) is 114 Å². The number of H-pyrrole nitrogens is 1. The molecule has 4 aromatic heterocycles. The molecule has 1 amide bonds. The molecule has 13 heteroatoms. The number of nitrogens with zero attached hydrogens (tertiary/aromatic N) is 4. The summed E-state index contributed by atoms with van der Waals surface area (Å²) < 4.78 is 39.0. The summed E-state index contributed by atoms with van der Waals surface area (Å²) in [5.41, 5.74) is 0.468. The van der Waals surface area contributed by atoms with E-state index in [1.165, 1.54) is 18.7 Å². The summed E-state index contributed by atoms with van der Waals surface area (Å²) in [6.07, 6.45) is 0.504. The fourth-order valence-electron chi connectivity index (χ4n) is 2.99. The van der Waals surface area contributed by atoms with E-state index in [-0.39, 0.29) is 28.8 Å². The summed E-state index contributed by atoms with van der Waals surface area (Å²) in [4.78, 5) is 44.2. The van der Waals surface area contributed by atoms with Crippen molar-refractivity contribution in [3.05, 3.63) is 63.1 Å². The normalized spacial score (nSPS) is 12.6. The van der Waals surface area contributed by atoms with Crippen molar-refractivity contribution in [3.8, 4) is 0 Å². The van der Waals surface area contributed by atoms with E-state index in [0.29, 0.717) is 27.8 Å². The van der Waals surface area contributed by atoms with Crippen molar-refractivity contribution in [2.24, 2.45) is 0 Å². The van der Waals surface area contributed by atoms with Crippen LogP contribution in [0.1, 0.15) is 49.9 Å². The number of alkyl halides is 3. The van der Waals surface area contributed by atoms with Crippen LogP contribution < -0.4 is 5.32 Å². The quantitative estimate of drug-likeness (QED) is 0.360. The van der Waals surface area contributed by atoms with Crippen LogP contribution in [-0.2, 0) is 6.18 Å². The number of carbonyl (C=O) groups is 2. The van der Waals surface area contributed by atoms with Crippen LogP contribution in [0.5, 0.6) is 0 Å². The van der Waals surface area contributed by atoms with Crippen molar-refractivity contribution in [1.82, 2.24) is 24.9 Å². The van der Waals surface area contributed by atoms with Crippen LogP contribution in [0, 0.1) is 0 Å². The molecule has 0 aliphatic rings. The number of Topliss-reactive ketones (excluding diaryl/α,β-unsaturated/α-hetero) is 1. The number of aromatic nitrogens is 5. The molecule has 0 aromatic carbocycles.